The van der Waals surface area contributed by atoms with Gasteiger partial charge in [-0.25, -0.2) is 14.8 Å². The van der Waals surface area contributed by atoms with Crippen LogP contribution in [0.4, 0.5) is 11.4 Å². The lowest BCUT2D eigenvalue weighted by molar-refractivity contribution is -0.385. The molecular weight excluding hydrogens is 572 g/mol. The number of nitro groups is 2. The number of aromatic nitrogens is 4. The lowest BCUT2D eigenvalue weighted by atomic mass is 10.1. The Morgan fingerprint density at radius 1 is 0.780 bits per heavy atom. The number of nitro benzene ring substituents is 2. The molecule has 0 bridgehead atoms. The number of nitrogens with zero attached hydrogens (tertiary/aromatic N) is 6. The number of aromatic carboxylic acids is 1. The molecule has 0 saturated carbocycles. The van der Waals surface area contributed by atoms with E-state index in [4.69, 9.17) is 5.11 Å². The molecule has 204 valence electrons. The predicted molar refractivity (Wildman–Crippen MR) is 152 cm³/mol. The third-order valence-electron chi connectivity index (χ3n) is 5.62. The Morgan fingerprint density at radius 3 is 1.76 bits per heavy atom. The molecule has 0 radical (unpaired) electrons. The minimum absolute atomic E-state index is 0.0519. The summed E-state index contributed by atoms with van der Waals surface area (Å²) in [5.74, 6) is -1.22. The van der Waals surface area contributed by atoms with Crippen LogP contribution < -0.4 is 0 Å². The van der Waals surface area contributed by atoms with Gasteiger partial charge in [0.2, 0.25) is 0 Å². The number of non-ortho nitro benzene ring substituents is 2. The van der Waals surface area contributed by atoms with Gasteiger partial charge in [-0.15, -0.1) is 22.7 Å². The van der Waals surface area contributed by atoms with Gasteiger partial charge in [0.15, 0.2) is 0 Å². The van der Waals surface area contributed by atoms with Crippen LogP contribution in [-0.4, -0.2) is 46.0 Å². The van der Waals surface area contributed by atoms with E-state index in [1.165, 1.54) is 46.9 Å². The van der Waals surface area contributed by atoms with Gasteiger partial charge < -0.3 is 10.2 Å². The van der Waals surface area contributed by atoms with Crippen molar-refractivity contribution in [1.82, 2.24) is 19.9 Å². The number of pyridine rings is 2. The van der Waals surface area contributed by atoms with Crippen LogP contribution in [0.5, 0.6) is 0 Å². The molecule has 13 nitrogen and oxygen atoms in total. The molecule has 0 amide bonds. The Bertz CT molecular complexity index is 1860. The minimum Gasteiger partial charge on any atom is -0.478 e. The molecule has 2 N–H and O–H groups in total. The minimum atomic E-state index is -1.22. The van der Waals surface area contributed by atoms with E-state index in [0.29, 0.717) is 32.2 Å². The second kappa shape index (κ2) is 11.5. The van der Waals surface area contributed by atoms with Gasteiger partial charge in [0.1, 0.15) is 10.0 Å². The van der Waals surface area contributed by atoms with Crippen molar-refractivity contribution >= 4 is 60.5 Å². The van der Waals surface area contributed by atoms with Crippen molar-refractivity contribution in [3.8, 4) is 21.1 Å². The lowest BCUT2D eigenvalue weighted by Gasteiger charge is -2.01. The smallest absolute Gasteiger partial charge is 0.335 e. The van der Waals surface area contributed by atoms with Gasteiger partial charge in [0, 0.05) is 60.2 Å². The SMILES string of the molecule is O=C(O)c1cc(-c2nc3ccncc3s2)cc([N+](=O)[O-])c1.O=[N+]([O-])c1cc(CO)cc(-c2nc3ccncc3s2)c1. The Hall–Kier alpha value is -5.25. The van der Waals surface area contributed by atoms with E-state index in [9.17, 15) is 30.1 Å². The molecule has 0 fully saturated rings. The van der Waals surface area contributed by atoms with Gasteiger partial charge in [-0.05, 0) is 29.8 Å². The highest BCUT2D eigenvalue weighted by atomic mass is 32.1. The summed E-state index contributed by atoms with van der Waals surface area (Å²) >= 11 is 2.71. The molecule has 41 heavy (non-hydrogen) atoms. The van der Waals surface area contributed by atoms with Crippen molar-refractivity contribution < 1.29 is 24.9 Å². The number of hydrogen-bond acceptors (Lipinski definition) is 12. The maximum atomic E-state index is 11.1. The molecule has 6 rings (SSSR count). The third kappa shape index (κ3) is 6.01. The number of aliphatic hydroxyl groups is 1. The molecule has 0 atom stereocenters. The normalized spacial score (nSPS) is 10.8. The number of aliphatic hydroxyl groups excluding tert-OH is 1. The molecule has 0 spiro atoms. The zero-order valence-corrected chi connectivity index (χ0v) is 22.2. The monoisotopic (exact) mass is 588 g/mol. The number of thiazole rings is 2. The first-order valence-corrected chi connectivity index (χ1v) is 13.2. The first kappa shape index (κ1) is 27.3. The summed E-state index contributed by atoms with van der Waals surface area (Å²) in [6, 6.07) is 11.8. The summed E-state index contributed by atoms with van der Waals surface area (Å²) in [7, 11) is 0. The first-order valence-electron chi connectivity index (χ1n) is 11.6. The topological polar surface area (TPSA) is 195 Å². The molecular formula is C26H16N6O7S2. The van der Waals surface area contributed by atoms with E-state index in [2.05, 4.69) is 19.9 Å². The summed E-state index contributed by atoms with van der Waals surface area (Å²) in [4.78, 5) is 48.6. The molecule has 2 aromatic carbocycles. The number of carboxylic acids is 1. The number of carboxylic acid groups (broad SMARTS) is 1. The average Bonchev–Trinajstić information content (AvgIpc) is 3.62. The van der Waals surface area contributed by atoms with E-state index in [-0.39, 0.29) is 23.5 Å². The highest BCUT2D eigenvalue weighted by molar-refractivity contribution is 7.22. The van der Waals surface area contributed by atoms with Crippen LogP contribution in [0, 0.1) is 20.2 Å². The molecule has 0 unspecified atom stereocenters. The second-order valence-corrected chi connectivity index (χ2v) is 10.4. The van der Waals surface area contributed by atoms with Gasteiger partial charge in [-0.3, -0.25) is 30.2 Å². The summed E-state index contributed by atoms with van der Waals surface area (Å²) < 4.78 is 1.75. The largest absolute Gasteiger partial charge is 0.478 e. The fourth-order valence-corrected chi connectivity index (χ4v) is 5.60. The van der Waals surface area contributed by atoms with Crippen molar-refractivity contribution in [3.63, 3.8) is 0 Å². The van der Waals surface area contributed by atoms with Crippen molar-refractivity contribution in [1.29, 1.82) is 0 Å². The molecule has 0 aliphatic rings. The highest BCUT2D eigenvalue weighted by Crippen LogP contribution is 2.33. The molecule has 0 saturated heterocycles. The van der Waals surface area contributed by atoms with Crippen LogP contribution in [0.2, 0.25) is 0 Å². The van der Waals surface area contributed by atoms with Gasteiger partial charge in [0.05, 0.1) is 42.5 Å². The Morgan fingerprint density at radius 2 is 1.29 bits per heavy atom. The maximum absolute atomic E-state index is 11.1. The van der Waals surface area contributed by atoms with Gasteiger partial charge >= 0.3 is 5.97 Å². The lowest BCUT2D eigenvalue weighted by Crippen LogP contribution is -1.99. The van der Waals surface area contributed by atoms with E-state index in [0.717, 1.165) is 21.0 Å². The van der Waals surface area contributed by atoms with Crippen LogP contribution in [0.1, 0.15) is 15.9 Å². The molecule has 0 aliphatic heterocycles. The van der Waals surface area contributed by atoms with Gasteiger partial charge in [-0.2, -0.15) is 0 Å². The maximum Gasteiger partial charge on any atom is 0.335 e. The fourth-order valence-electron chi connectivity index (χ4n) is 3.76. The summed E-state index contributed by atoms with van der Waals surface area (Å²) in [6.07, 6.45) is 6.60. The highest BCUT2D eigenvalue weighted by Gasteiger charge is 2.17. The van der Waals surface area contributed by atoms with E-state index in [1.807, 2.05) is 0 Å². The van der Waals surface area contributed by atoms with Gasteiger partial charge in [0.25, 0.3) is 11.4 Å². The molecule has 4 heterocycles. The van der Waals surface area contributed by atoms with E-state index < -0.39 is 15.8 Å². The Labute approximate surface area is 237 Å². The molecule has 4 aromatic heterocycles. The zero-order chi connectivity index (χ0) is 29.1. The molecule has 0 aliphatic carbocycles. The summed E-state index contributed by atoms with van der Waals surface area (Å²) in [6.45, 7) is -0.249. The number of hydrogen-bond donors (Lipinski definition) is 2. The van der Waals surface area contributed by atoms with E-state index in [1.54, 1.807) is 43.0 Å². The number of rotatable bonds is 6. The second-order valence-electron chi connectivity index (χ2n) is 8.36. The summed E-state index contributed by atoms with van der Waals surface area (Å²) in [5.41, 5.74) is 2.58. The van der Waals surface area contributed by atoms with Crippen LogP contribution in [-0.2, 0) is 6.61 Å². The van der Waals surface area contributed by atoms with Crippen molar-refractivity contribution in [3.05, 3.63) is 105 Å². The quantitative estimate of drug-likeness (QED) is 0.178. The number of fused-ring (bicyclic) bond motifs is 2. The number of benzene rings is 2. The van der Waals surface area contributed by atoms with Gasteiger partial charge in [-0.1, -0.05) is 0 Å². The zero-order valence-electron chi connectivity index (χ0n) is 20.6. The van der Waals surface area contributed by atoms with Crippen LogP contribution in [0.25, 0.3) is 41.6 Å². The van der Waals surface area contributed by atoms with Crippen LogP contribution in [0.15, 0.2) is 73.3 Å². The van der Waals surface area contributed by atoms with Crippen molar-refractivity contribution in [2.45, 2.75) is 6.61 Å². The fraction of sp³-hybridized carbons (Fsp3) is 0.0385. The van der Waals surface area contributed by atoms with Crippen molar-refractivity contribution in [2.75, 3.05) is 0 Å². The first-order chi connectivity index (χ1) is 19.7. The molecule has 15 heteroatoms. The average molecular weight is 589 g/mol. The Balaban J connectivity index is 0.000000165. The predicted octanol–water partition coefficient (Wildman–Crippen LogP) is 5.72. The van der Waals surface area contributed by atoms with Crippen molar-refractivity contribution in [2.24, 2.45) is 0 Å². The number of carbonyl (C=O) groups is 1. The Kier molecular flexibility index (Phi) is 7.64. The molecule has 6 aromatic rings. The standard InChI is InChI=1S/C13H7N3O4S.C13H9N3O3S/c17-13(18)8-3-7(4-9(5-8)16(19)20)12-15-10-1-2-14-6-11(10)21-12;17-7-8-3-9(5-10(4-8)16(18)19)13-15-11-1-2-14-6-12(11)20-13/h1-6H,(H,17,18);1-6,17H,7H2. The van der Waals surface area contributed by atoms with Crippen LogP contribution in [0.3, 0.4) is 0 Å². The summed E-state index contributed by atoms with van der Waals surface area (Å²) in [5, 5.41) is 41.3. The van der Waals surface area contributed by atoms with E-state index >= 15 is 0 Å². The third-order valence-corrected chi connectivity index (χ3v) is 7.73. The van der Waals surface area contributed by atoms with Crippen LogP contribution >= 0.6 is 22.7 Å².